The number of aromatic hydroxyl groups is 1. The molecule has 1 aromatic heterocycles. The molecule has 4 unspecified atom stereocenters. The van der Waals surface area contributed by atoms with Gasteiger partial charge in [0.2, 0.25) is 23.6 Å². The molecule has 0 bridgehead atoms. The smallest absolute Gasteiger partial charge is 0.326 e. The minimum Gasteiger partial charge on any atom is -0.508 e. The molecule has 42 heavy (non-hydrogen) atoms. The Hall–Kier alpha value is -5.19. The molecule has 17 nitrogen and oxygen atoms in total. The topological polar surface area (TPSA) is 307 Å². The van der Waals surface area contributed by atoms with Crippen molar-refractivity contribution in [3.8, 4) is 5.75 Å². The molecule has 228 valence electrons. The van der Waals surface area contributed by atoms with E-state index in [0.717, 1.165) is 0 Å². The molecule has 2 rings (SSSR count). The molecule has 0 aliphatic carbocycles. The molecule has 1 heterocycles. The number of primary amides is 1. The van der Waals surface area contributed by atoms with Crippen LogP contribution in [0.25, 0.3) is 0 Å². The van der Waals surface area contributed by atoms with E-state index in [1.165, 1.54) is 36.8 Å². The second kappa shape index (κ2) is 16.2. The van der Waals surface area contributed by atoms with Crippen molar-refractivity contribution in [1.82, 2.24) is 25.9 Å². The van der Waals surface area contributed by atoms with Crippen molar-refractivity contribution >= 4 is 35.6 Å². The fraction of sp³-hybridized carbons (Fsp3) is 0.400. The third-order valence-electron chi connectivity index (χ3n) is 5.94. The first kappa shape index (κ1) is 33.0. The number of carboxylic acids is 1. The van der Waals surface area contributed by atoms with Crippen LogP contribution in [0.5, 0.6) is 5.75 Å². The van der Waals surface area contributed by atoms with E-state index in [4.69, 9.17) is 22.9 Å². The summed E-state index contributed by atoms with van der Waals surface area (Å²) < 4.78 is 0. The van der Waals surface area contributed by atoms with Gasteiger partial charge < -0.3 is 54.1 Å². The lowest BCUT2D eigenvalue weighted by molar-refractivity contribution is -0.142. The minimum absolute atomic E-state index is 0.0215. The van der Waals surface area contributed by atoms with E-state index in [9.17, 15) is 34.2 Å². The zero-order valence-electron chi connectivity index (χ0n) is 22.7. The number of phenols is 1. The molecular formula is C25H36N10O7. The summed E-state index contributed by atoms with van der Waals surface area (Å²) in [5, 5.41) is 26.4. The molecule has 0 aliphatic heterocycles. The molecule has 0 radical (unpaired) electrons. The number of nitrogens with one attached hydrogen (secondary N) is 4. The van der Waals surface area contributed by atoms with Gasteiger partial charge in [-0.2, -0.15) is 0 Å². The zero-order chi connectivity index (χ0) is 31.2. The molecule has 0 saturated heterocycles. The predicted molar refractivity (Wildman–Crippen MR) is 149 cm³/mol. The second-order valence-corrected chi connectivity index (χ2v) is 9.40. The van der Waals surface area contributed by atoms with Crippen LogP contribution < -0.4 is 38.9 Å². The van der Waals surface area contributed by atoms with Crippen molar-refractivity contribution in [3.63, 3.8) is 0 Å². The first-order valence-electron chi connectivity index (χ1n) is 12.8. The highest BCUT2D eigenvalue weighted by Gasteiger charge is 2.31. The number of imidazole rings is 1. The maximum Gasteiger partial charge on any atom is 0.326 e. The van der Waals surface area contributed by atoms with Crippen molar-refractivity contribution in [1.29, 1.82) is 0 Å². The summed E-state index contributed by atoms with van der Waals surface area (Å²) in [4.78, 5) is 73.1. The van der Waals surface area contributed by atoms with Crippen molar-refractivity contribution < 1.29 is 34.2 Å². The number of carbonyl (C=O) groups is 5. The molecule has 14 N–H and O–H groups in total. The van der Waals surface area contributed by atoms with E-state index in [2.05, 4.69) is 30.9 Å². The number of rotatable bonds is 17. The monoisotopic (exact) mass is 588 g/mol. The van der Waals surface area contributed by atoms with E-state index in [1.54, 1.807) is 0 Å². The van der Waals surface area contributed by atoms with Crippen LogP contribution in [0.15, 0.2) is 41.8 Å². The van der Waals surface area contributed by atoms with Crippen LogP contribution in [0.4, 0.5) is 0 Å². The fourth-order valence-corrected chi connectivity index (χ4v) is 3.80. The third kappa shape index (κ3) is 11.5. The number of phenolic OH excluding ortho intramolecular Hbond substituents is 1. The second-order valence-electron chi connectivity index (χ2n) is 9.40. The molecule has 4 amide bonds. The van der Waals surface area contributed by atoms with Crippen molar-refractivity contribution in [2.45, 2.75) is 56.3 Å². The number of aromatic nitrogens is 2. The van der Waals surface area contributed by atoms with Crippen LogP contribution >= 0.6 is 0 Å². The summed E-state index contributed by atoms with van der Waals surface area (Å²) in [7, 11) is 0. The average molecular weight is 589 g/mol. The predicted octanol–water partition coefficient (Wildman–Crippen LogP) is -3.30. The normalized spacial score (nSPS) is 13.5. The largest absolute Gasteiger partial charge is 0.508 e. The van der Waals surface area contributed by atoms with Gasteiger partial charge in [-0.25, -0.2) is 9.78 Å². The van der Waals surface area contributed by atoms with Crippen LogP contribution in [0.1, 0.15) is 30.5 Å². The third-order valence-corrected chi connectivity index (χ3v) is 5.94. The van der Waals surface area contributed by atoms with Gasteiger partial charge in [0.1, 0.15) is 23.9 Å². The lowest BCUT2D eigenvalue weighted by atomic mass is 10.0. The summed E-state index contributed by atoms with van der Waals surface area (Å²) in [5.41, 5.74) is 22.8. The van der Waals surface area contributed by atoms with Crippen LogP contribution in [0.3, 0.4) is 0 Å². The Morgan fingerprint density at radius 2 is 1.52 bits per heavy atom. The highest BCUT2D eigenvalue weighted by Crippen LogP contribution is 2.12. The number of carboxylic acid groups (broad SMARTS) is 1. The van der Waals surface area contributed by atoms with Crippen LogP contribution in [0.2, 0.25) is 0 Å². The molecule has 0 fully saturated rings. The number of nitrogens with zero attached hydrogens (tertiary/aromatic N) is 2. The van der Waals surface area contributed by atoms with Crippen molar-refractivity contribution in [2.24, 2.45) is 27.9 Å². The average Bonchev–Trinajstić information content (AvgIpc) is 3.43. The Balaban J connectivity index is 2.21. The van der Waals surface area contributed by atoms with E-state index in [1.807, 2.05) is 0 Å². The number of guanidine groups is 1. The van der Waals surface area contributed by atoms with E-state index >= 15 is 0 Å². The van der Waals surface area contributed by atoms with E-state index in [-0.39, 0.29) is 43.9 Å². The number of aliphatic carboxylic acids is 1. The molecule has 4 atom stereocenters. The van der Waals surface area contributed by atoms with Gasteiger partial charge in [-0.05, 0) is 30.5 Å². The molecule has 0 aliphatic rings. The SMILES string of the molecule is NC(=O)CC(NC(=O)C(N)Cc1cnc[nH]1)C(=O)NC(Cc1ccc(O)cc1)C(=O)NC(CCCN=C(N)N)C(=O)O. The number of H-pyrrole nitrogens is 1. The van der Waals surface area contributed by atoms with Gasteiger partial charge in [0.25, 0.3) is 0 Å². The Morgan fingerprint density at radius 3 is 2.10 bits per heavy atom. The highest BCUT2D eigenvalue weighted by atomic mass is 16.4. The first-order chi connectivity index (χ1) is 19.8. The number of aliphatic imine (C=N–C) groups is 1. The Bertz CT molecular complexity index is 1250. The number of nitrogens with two attached hydrogens (primary N) is 4. The quantitative estimate of drug-likeness (QED) is 0.0495. The molecule has 0 saturated carbocycles. The van der Waals surface area contributed by atoms with Gasteiger partial charge in [-0.3, -0.25) is 24.2 Å². The molecule has 2 aromatic rings. The molecule has 0 spiro atoms. The number of hydrogen-bond acceptors (Lipinski definition) is 9. The Morgan fingerprint density at radius 1 is 0.905 bits per heavy atom. The van der Waals surface area contributed by atoms with Gasteiger partial charge in [0, 0.05) is 31.3 Å². The highest BCUT2D eigenvalue weighted by molar-refractivity contribution is 5.96. The summed E-state index contributed by atoms with van der Waals surface area (Å²) in [6.45, 7) is 0.132. The van der Waals surface area contributed by atoms with Gasteiger partial charge >= 0.3 is 5.97 Å². The minimum atomic E-state index is -1.49. The van der Waals surface area contributed by atoms with Gasteiger partial charge in [-0.15, -0.1) is 0 Å². The van der Waals surface area contributed by atoms with E-state index < -0.39 is 60.2 Å². The van der Waals surface area contributed by atoms with Crippen LogP contribution in [0, 0.1) is 0 Å². The summed E-state index contributed by atoms with van der Waals surface area (Å²) >= 11 is 0. The number of carbonyl (C=O) groups excluding carboxylic acids is 4. The Labute approximate surface area is 240 Å². The Kier molecular flexibility index (Phi) is 12.7. The molecular weight excluding hydrogens is 552 g/mol. The lowest BCUT2D eigenvalue weighted by Crippen LogP contribution is -2.58. The van der Waals surface area contributed by atoms with Gasteiger partial charge in [0.15, 0.2) is 5.96 Å². The summed E-state index contributed by atoms with van der Waals surface area (Å²) in [5.74, 6) is -5.00. The van der Waals surface area contributed by atoms with Gasteiger partial charge in [0.05, 0.1) is 18.8 Å². The fourth-order valence-electron chi connectivity index (χ4n) is 3.80. The van der Waals surface area contributed by atoms with E-state index in [0.29, 0.717) is 11.3 Å². The van der Waals surface area contributed by atoms with Crippen molar-refractivity contribution in [2.75, 3.05) is 6.54 Å². The number of amides is 4. The number of benzene rings is 1. The number of hydrogen-bond donors (Lipinski definition) is 10. The molecule has 17 heteroatoms. The first-order valence-corrected chi connectivity index (χ1v) is 12.8. The van der Waals surface area contributed by atoms with Gasteiger partial charge in [-0.1, -0.05) is 12.1 Å². The van der Waals surface area contributed by atoms with Crippen molar-refractivity contribution in [3.05, 3.63) is 48.0 Å². The van der Waals surface area contributed by atoms with Crippen LogP contribution in [-0.4, -0.2) is 86.5 Å². The number of aromatic amines is 1. The van der Waals surface area contributed by atoms with Crippen LogP contribution in [-0.2, 0) is 36.8 Å². The maximum atomic E-state index is 13.2. The zero-order valence-corrected chi connectivity index (χ0v) is 22.7. The standard InChI is InChI=1S/C25H36N10O7/c26-16(9-14-11-30-12-32-14)21(38)34-19(10-20(27)37)23(40)35-18(8-13-3-5-15(36)6-4-13)22(39)33-17(24(41)42)2-1-7-31-25(28)29/h3-6,11-12,16-19,36H,1-2,7-10,26H2,(H2,27,37)(H,30,32)(H,33,39)(H,34,38)(H,35,40)(H,41,42)(H4,28,29,31). The summed E-state index contributed by atoms with van der Waals surface area (Å²) in [6, 6.07) is 0.443. The lowest BCUT2D eigenvalue weighted by Gasteiger charge is -2.25. The molecule has 1 aromatic carbocycles. The maximum absolute atomic E-state index is 13.2. The summed E-state index contributed by atoms with van der Waals surface area (Å²) in [6.07, 6.45) is 2.41.